The molecular weight excluding hydrogens is 446 g/mol. The Labute approximate surface area is 185 Å². The first-order valence-corrected chi connectivity index (χ1v) is 9.50. The van der Waals surface area contributed by atoms with E-state index >= 15 is 0 Å². The van der Waals surface area contributed by atoms with Gasteiger partial charge in [-0.3, -0.25) is 9.59 Å². The fourth-order valence-electron chi connectivity index (χ4n) is 2.62. The van der Waals surface area contributed by atoms with Gasteiger partial charge in [0.1, 0.15) is 5.82 Å². The van der Waals surface area contributed by atoms with Crippen LogP contribution in [0, 0.1) is 5.82 Å². The number of rotatable bonds is 7. The number of carbonyl (C=O) groups excluding carboxylic acids is 2. The van der Waals surface area contributed by atoms with Crippen LogP contribution in [0.2, 0.25) is 0 Å². The number of halogens is 4. The predicted octanol–water partition coefficient (Wildman–Crippen LogP) is 4.29. The predicted molar refractivity (Wildman–Crippen MR) is 107 cm³/mol. The number of alkyl halides is 3. The molecule has 1 N–H and O–H groups in total. The van der Waals surface area contributed by atoms with E-state index in [1.165, 1.54) is 43.3 Å². The van der Waals surface area contributed by atoms with Crippen molar-refractivity contribution in [1.82, 2.24) is 15.5 Å². The number of carbonyl (C=O) groups is 2. The van der Waals surface area contributed by atoms with Gasteiger partial charge in [0, 0.05) is 30.7 Å². The zero-order chi connectivity index (χ0) is 24.0. The molecule has 1 heterocycles. The van der Waals surface area contributed by atoms with Crippen molar-refractivity contribution in [2.45, 2.75) is 26.3 Å². The topological polar surface area (TPSA) is 94.3 Å². The number of aromatic nitrogens is 2. The van der Waals surface area contributed by atoms with Gasteiger partial charge >= 0.3 is 12.1 Å². The second kappa shape index (κ2) is 10.1. The minimum Gasteiger partial charge on any atom is -0.456 e. The van der Waals surface area contributed by atoms with Gasteiger partial charge in [-0.05, 0) is 29.8 Å². The van der Waals surface area contributed by atoms with Gasteiger partial charge in [0.2, 0.25) is 11.7 Å². The van der Waals surface area contributed by atoms with Crippen LogP contribution in [0.3, 0.4) is 0 Å². The molecule has 2 aromatic carbocycles. The summed E-state index contributed by atoms with van der Waals surface area (Å²) in [5.41, 5.74) is 0.132. The quantitative estimate of drug-likeness (QED) is 0.319. The summed E-state index contributed by atoms with van der Waals surface area (Å²) in [6.45, 7) is 0.913. The third kappa shape index (κ3) is 6.73. The molecule has 1 aromatic heterocycles. The largest absolute Gasteiger partial charge is 0.456 e. The van der Waals surface area contributed by atoms with Crippen LogP contribution in [0.15, 0.2) is 53.1 Å². The molecule has 0 spiro atoms. The lowest BCUT2D eigenvalue weighted by Crippen LogP contribution is -2.20. The van der Waals surface area contributed by atoms with Crippen LogP contribution >= 0.6 is 0 Å². The van der Waals surface area contributed by atoms with Crippen LogP contribution in [0.1, 0.15) is 29.5 Å². The first-order chi connectivity index (χ1) is 15.6. The molecule has 0 aliphatic rings. The van der Waals surface area contributed by atoms with Gasteiger partial charge in [0.15, 0.2) is 6.61 Å². The molecule has 33 heavy (non-hydrogen) atoms. The summed E-state index contributed by atoms with van der Waals surface area (Å²) >= 11 is 0. The van der Waals surface area contributed by atoms with Crippen molar-refractivity contribution in [3.8, 4) is 11.4 Å². The maximum absolute atomic E-state index is 14.4. The zero-order valence-corrected chi connectivity index (χ0v) is 17.1. The smallest absolute Gasteiger partial charge is 0.416 e. The minimum absolute atomic E-state index is 0.0526. The monoisotopic (exact) mass is 463 g/mol. The summed E-state index contributed by atoms with van der Waals surface area (Å²) in [6.07, 6.45) is -1.95. The number of ether oxygens (including phenoxy) is 1. The van der Waals surface area contributed by atoms with E-state index < -0.39 is 29.4 Å². The molecule has 11 heteroatoms. The average molecular weight is 463 g/mol. The highest BCUT2D eigenvalue weighted by molar-refractivity contribution is 5.91. The number of esters is 1. The highest BCUT2D eigenvalue weighted by Crippen LogP contribution is 2.29. The third-order valence-corrected chi connectivity index (χ3v) is 4.30. The number of benzene rings is 2. The number of hydrogen-bond donors (Lipinski definition) is 1. The summed E-state index contributed by atoms with van der Waals surface area (Å²) < 4.78 is 61.8. The summed E-state index contributed by atoms with van der Waals surface area (Å²) in [4.78, 5) is 26.8. The zero-order valence-electron chi connectivity index (χ0n) is 17.1. The maximum Gasteiger partial charge on any atom is 0.416 e. The van der Waals surface area contributed by atoms with E-state index in [0.29, 0.717) is 11.1 Å². The summed E-state index contributed by atoms with van der Waals surface area (Å²) in [5, 5.41) is 6.19. The van der Waals surface area contributed by atoms with Crippen molar-refractivity contribution in [3.63, 3.8) is 0 Å². The van der Waals surface area contributed by atoms with Crippen LogP contribution in [-0.4, -0.2) is 22.0 Å². The Balaban J connectivity index is 1.56. The molecule has 0 radical (unpaired) electrons. The lowest BCUT2D eigenvalue weighted by molar-refractivity contribution is -0.143. The molecule has 0 aliphatic heterocycles. The minimum atomic E-state index is -4.44. The second-order valence-corrected chi connectivity index (χ2v) is 6.77. The molecule has 0 aliphatic carbocycles. The van der Waals surface area contributed by atoms with Gasteiger partial charge in [-0.2, -0.15) is 18.2 Å². The number of hydrogen-bond acceptors (Lipinski definition) is 6. The van der Waals surface area contributed by atoms with Crippen LogP contribution < -0.4 is 5.32 Å². The highest BCUT2D eigenvalue weighted by atomic mass is 19.4. The van der Waals surface area contributed by atoms with Crippen LogP contribution in [0.25, 0.3) is 17.5 Å². The maximum atomic E-state index is 14.4. The Kier molecular flexibility index (Phi) is 7.21. The normalized spacial score (nSPS) is 11.5. The molecule has 0 bridgehead atoms. The number of nitrogens with one attached hydrogen (secondary N) is 1. The molecular formula is C22H17F4N3O4. The Morgan fingerprint density at radius 3 is 2.52 bits per heavy atom. The van der Waals surface area contributed by atoms with Gasteiger partial charge in [-0.1, -0.05) is 29.4 Å². The van der Waals surface area contributed by atoms with E-state index in [4.69, 9.17) is 9.26 Å². The number of nitrogens with zero attached hydrogens (tertiary/aromatic N) is 2. The van der Waals surface area contributed by atoms with Gasteiger partial charge in [-0.25, -0.2) is 4.39 Å². The molecule has 1 amide bonds. The van der Waals surface area contributed by atoms with E-state index in [2.05, 4.69) is 15.5 Å². The van der Waals surface area contributed by atoms with Crippen LogP contribution in [-0.2, 0) is 33.7 Å². The Hall–Kier alpha value is -4.02. The third-order valence-electron chi connectivity index (χ3n) is 4.30. The van der Waals surface area contributed by atoms with Crippen molar-refractivity contribution in [2.75, 3.05) is 0 Å². The standard InChI is InChI=1S/C22H17F4N3O4/c1-13(30)32-12-20-28-21(29-33-20)15-5-6-16(18(23)10-15)11-27-19(31)9-4-14-2-7-17(8-3-14)22(24,25)26/h2-10H,11-12H2,1H3,(H,27,31). The molecule has 0 unspecified atom stereocenters. The van der Waals surface area contributed by atoms with Gasteiger partial charge in [0.05, 0.1) is 5.56 Å². The van der Waals surface area contributed by atoms with E-state index in [1.807, 2.05) is 0 Å². The molecule has 3 aromatic rings. The van der Waals surface area contributed by atoms with Crippen LogP contribution in [0.5, 0.6) is 0 Å². The Morgan fingerprint density at radius 1 is 1.15 bits per heavy atom. The summed E-state index contributed by atoms with van der Waals surface area (Å²) in [5.74, 6) is -1.53. The molecule has 0 fully saturated rings. The van der Waals surface area contributed by atoms with E-state index in [-0.39, 0.29) is 30.4 Å². The molecule has 0 saturated carbocycles. The van der Waals surface area contributed by atoms with Gasteiger partial charge in [0.25, 0.3) is 5.89 Å². The van der Waals surface area contributed by atoms with Crippen molar-refractivity contribution in [2.24, 2.45) is 0 Å². The molecule has 0 saturated heterocycles. The Morgan fingerprint density at radius 2 is 1.88 bits per heavy atom. The average Bonchev–Trinajstić information content (AvgIpc) is 3.24. The van der Waals surface area contributed by atoms with Gasteiger partial charge < -0.3 is 14.6 Å². The van der Waals surface area contributed by atoms with E-state index in [1.54, 1.807) is 0 Å². The fourth-order valence-corrected chi connectivity index (χ4v) is 2.62. The number of amides is 1. The lowest BCUT2D eigenvalue weighted by Gasteiger charge is -2.06. The molecule has 3 rings (SSSR count). The van der Waals surface area contributed by atoms with Crippen molar-refractivity contribution in [3.05, 3.63) is 76.9 Å². The summed E-state index contributed by atoms with van der Waals surface area (Å²) in [7, 11) is 0. The fraction of sp³-hybridized carbons (Fsp3) is 0.182. The van der Waals surface area contributed by atoms with Crippen LogP contribution in [0.4, 0.5) is 17.6 Å². The van der Waals surface area contributed by atoms with Crippen molar-refractivity contribution >= 4 is 18.0 Å². The van der Waals surface area contributed by atoms with E-state index in [9.17, 15) is 27.2 Å². The molecule has 0 atom stereocenters. The first kappa shape index (κ1) is 23.6. The van der Waals surface area contributed by atoms with Gasteiger partial charge in [-0.15, -0.1) is 0 Å². The first-order valence-electron chi connectivity index (χ1n) is 9.50. The highest BCUT2D eigenvalue weighted by Gasteiger charge is 2.29. The van der Waals surface area contributed by atoms with E-state index in [0.717, 1.165) is 18.2 Å². The summed E-state index contributed by atoms with van der Waals surface area (Å²) in [6, 6.07) is 8.44. The molecule has 7 nitrogen and oxygen atoms in total. The SMILES string of the molecule is CC(=O)OCc1nc(-c2ccc(CNC(=O)C=Cc3ccc(C(F)(F)F)cc3)c(F)c2)no1. The van der Waals surface area contributed by atoms with Crippen molar-refractivity contribution in [1.29, 1.82) is 0 Å². The Bertz CT molecular complexity index is 1170. The molecule has 172 valence electrons. The second-order valence-electron chi connectivity index (χ2n) is 6.77. The lowest BCUT2D eigenvalue weighted by atomic mass is 10.1. The van der Waals surface area contributed by atoms with Crippen molar-refractivity contribution < 1.29 is 36.4 Å².